The van der Waals surface area contributed by atoms with Crippen LogP contribution in [0, 0.1) is 11.3 Å². The van der Waals surface area contributed by atoms with Crippen LogP contribution in [0.4, 0.5) is 0 Å². The van der Waals surface area contributed by atoms with Crippen LogP contribution in [0.2, 0.25) is 0 Å². The molecule has 0 radical (unpaired) electrons. The summed E-state index contributed by atoms with van der Waals surface area (Å²) in [5.41, 5.74) is 0. The van der Waals surface area contributed by atoms with Crippen molar-refractivity contribution in [3.63, 3.8) is 0 Å². The van der Waals surface area contributed by atoms with E-state index in [4.69, 9.17) is 5.26 Å². The highest BCUT2D eigenvalue weighted by atomic mass is 15.1. The zero-order valence-corrected chi connectivity index (χ0v) is 11.1. The van der Waals surface area contributed by atoms with Crippen molar-refractivity contribution in [1.29, 1.82) is 5.26 Å². The Balaban J connectivity index is 3.82. The maximum atomic E-state index is 8.99. The van der Waals surface area contributed by atoms with Crippen LogP contribution in [0.15, 0.2) is 0 Å². The third-order valence-electron chi connectivity index (χ3n) is 2.61. The lowest BCUT2D eigenvalue weighted by atomic mass is 10.2. The number of nitriles is 1. The predicted octanol–water partition coefficient (Wildman–Crippen LogP) is 2.39. The zero-order chi connectivity index (χ0) is 12.2. The van der Waals surface area contributed by atoms with Gasteiger partial charge in [-0.15, -0.1) is 0 Å². The molecule has 0 aliphatic rings. The van der Waals surface area contributed by atoms with Gasteiger partial charge in [-0.05, 0) is 45.3 Å². The molecule has 0 fully saturated rings. The average Bonchev–Trinajstić information content (AvgIpc) is 2.30. The second kappa shape index (κ2) is 10.9. The lowest BCUT2D eigenvalue weighted by Gasteiger charge is -2.22. The van der Waals surface area contributed by atoms with Gasteiger partial charge in [-0.2, -0.15) is 5.26 Å². The van der Waals surface area contributed by atoms with E-state index in [2.05, 4.69) is 37.1 Å². The fraction of sp³-hybridized carbons (Fsp3) is 0.923. The first kappa shape index (κ1) is 15.4. The summed E-state index contributed by atoms with van der Waals surface area (Å²) in [5.74, 6) is 0. The van der Waals surface area contributed by atoms with E-state index < -0.39 is 0 Å². The average molecular weight is 225 g/mol. The number of rotatable bonds is 10. The summed E-state index contributed by atoms with van der Waals surface area (Å²) in [6, 6.07) is 2.36. The third kappa shape index (κ3) is 7.67. The van der Waals surface area contributed by atoms with Gasteiger partial charge >= 0.3 is 0 Å². The molecule has 0 heterocycles. The topological polar surface area (TPSA) is 39.1 Å². The van der Waals surface area contributed by atoms with Gasteiger partial charge in [0.2, 0.25) is 0 Å². The van der Waals surface area contributed by atoms with Gasteiger partial charge < -0.3 is 10.2 Å². The van der Waals surface area contributed by atoms with E-state index in [0.717, 1.165) is 39.0 Å². The van der Waals surface area contributed by atoms with E-state index in [1.54, 1.807) is 0 Å². The van der Waals surface area contributed by atoms with Crippen molar-refractivity contribution in [2.45, 2.75) is 52.5 Å². The SMILES string of the molecule is CCCNC(C#N)CCN(CCC)CCC. The van der Waals surface area contributed by atoms with Gasteiger partial charge in [0, 0.05) is 6.54 Å². The molecule has 0 aliphatic carbocycles. The molecule has 3 nitrogen and oxygen atoms in total. The number of hydrogen-bond acceptors (Lipinski definition) is 3. The molecule has 0 aromatic carbocycles. The Hall–Kier alpha value is -0.590. The van der Waals surface area contributed by atoms with Gasteiger partial charge in [0.25, 0.3) is 0 Å². The Morgan fingerprint density at radius 1 is 1.06 bits per heavy atom. The molecule has 0 saturated carbocycles. The molecule has 0 rings (SSSR count). The van der Waals surface area contributed by atoms with Gasteiger partial charge in [0.05, 0.1) is 12.1 Å². The first-order valence-electron chi connectivity index (χ1n) is 6.63. The Morgan fingerprint density at radius 2 is 1.69 bits per heavy atom. The summed E-state index contributed by atoms with van der Waals surface area (Å²) in [5, 5.41) is 12.3. The molecule has 0 spiro atoms. The van der Waals surface area contributed by atoms with E-state index in [1.165, 1.54) is 12.8 Å². The molecule has 0 aliphatic heterocycles. The quantitative estimate of drug-likeness (QED) is 0.620. The third-order valence-corrected chi connectivity index (χ3v) is 2.61. The second-order valence-electron chi connectivity index (χ2n) is 4.27. The minimum absolute atomic E-state index is 0.0242. The Kier molecular flexibility index (Phi) is 10.5. The molecule has 0 bridgehead atoms. The predicted molar refractivity (Wildman–Crippen MR) is 69.3 cm³/mol. The van der Waals surface area contributed by atoms with Gasteiger partial charge in [0.15, 0.2) is 0 Å². The Bertz CT molecular complexity index is 180. The van der Waals surface area contributed by atoms with E-state index in [9.17, 15) is 0 Å². The van der Waals surface area contributed by atoms with Crippen LogP contribution in [0.5, 0.6) is 0 Å². The van der Waals surface area contributed by atoms with Crippen LogP contribution in [0.25, 0.3) is 0 Å². The van der Waals surface area contributed by atoms with Crippen LogP contribution < -0.4 is 5.32 Å². The van der Waals surface area contributed by atoms with Crippen LogP contribution in [-0.4, -0.2) is 37.1 Å². The van der Waals surface area contributed by atoms with Crippen molar-refractivity contribution in [2.24, 2.45) is 0 Å². The highest BCUT2D eigenvalue weighted by molar-refractivity contribution is 4.89. The normalized spacial score (nSPS) is 12.7. The van der Waals surface area contributed by atoms with Crippen molar-refractivity contribution in [3.8, 4) is 6.07 Å². The van der Waals surface area contributed by atoms with Crippen molar-refractivity contribution >= 4 is 0 Å². The van der Waals surface area contributed by atoms with Gasteiger partial charge in [-0.25, -0.2) is 0 Å². The van der Waals surface area contributed by atoms with Crippen LogP contribution in [0.3, 0.4) is 0 Å². The van der Waals surface area contributed by atoms with E-state index in [-0.39, 0.29) is 6.04 Å². The minimum atomic E-state index is 0.0242. The van der Waals surface area contributed by atoms with Gasteiger partial charge in [-0.1, -0.05) is 20.8 Å². The molecule has 0 aromatic rings. The maximum absolute atomic E-state index is 8.99. The molecule has 0 saturated heterocycles. The fourth-order valence-electron chi connectivity index (χ4n) is 1.81. The lowest BCUT2D eigenvalue weighted by Crippen LogP contribution is -2.34. The highest BCUT2D eigenvalue weighted by Crippen LogP contribution is 1.99. The summed E-state index contributed by atoms with van der Waals surface area (Å²) in [6.07, 6.45) is 4.42. The highest BCUT2D eigenvalue weighted by Gasteiger charge is 2.08. The van der Waals surface area contributed by atoms with Crippen molar-refractivity contribution < 1.29 is 0 Å². The molecule has 16 heavy (non-hydrogen) atoms. The maximum Gasteiger partial charge on any atom is 0.0965 e. The molecule has 0 aromatic heterocycles. The van der Waals surface area contributed by atoms with Crippen LogP contribution in [0.1, 0.15) is 46.5 Å². The van der Waals surface area contributed by atoms with E-state index in [1.807, 2.05) is 0 Å². The zero-order valence-electron chi connectivity index (χ0n) is 11.1. The Morgan fingerprint density at radius 3 is 2.12 bits per heavy atom. The summed E-state index contributed by atoms with van der Waals surface area (Å²) in [6.45, 7) is 10.8. The number of hydrogen-bond donors (Lipinski definition) is 1. The Labute approximate surface area is 101 Å². The van der Waals surface area contributed by atoms with Gasteiger partial charge in [-0.3, -0.25) is 0 Å². The van der Waals surface area contributed by atoms with Crippen molar-refractivity contribution in [1.82, 2.24) is 10.2 Å². The van der Waals surface area contributed by atoms with Crippen molar-refractivity contribution in [3.05, 3.63) is 0 Å². The molecule has 1 atom stereocenters. The largest absolute Gasteiger partial charge is 0.303 e. The lowest BCUT2D eigenvalue weighted by molar-refractivity contribution is 0.264. The van der Waals surface area contributed by atoms with E-state index >= 15 is 0 Å². The second-order valence-corrected chi connectivity index (χ2v) is 4.27. The van der Waals surface area contributed by atoms with Crippen LogP contribution in [-0.2, 0) is 0 Å². The summed E-state index contributed by atoms with van der Waals surface area (Å²) >= 11 is 0. The van der Waals surface area contributed by atoms with Crippen molar-refractivity contribution in [2.75, 3.05) is 26.2 Å². The molecule has 0 amide bonds. The first-order valence-corrected chi connectivity index (χ1v) is 6.63. The molecule has 94 valence electrons. The smallest absolute Gasteiger partial charge is 0.0965 e. The summed E-state index contributed by atoms with van der Waals surface area (Å²) in [4.78, 5) is 2.46. The van der Waals surface area contributed by atoms with E-state index in [0.29, 0.717) is 0 Å². The number of nitrogens with one attached hydrogen (secondary N) is 1. The fourth-order valence-corrected chi connectivity index (χ4v) is 1.81. The van der Waals surface area contributed by atoms with Gasteiger partial charge in [0.1, 0.15) is 0 Å². The molecule has 1 unspecified atom stereocenters. The standard InChI is InChI=1S/C13H27N3/c1-4-8-15-13(12-14)7-11-16(9-5-2)10-6-3/h13,15H,4-11H2,1-3H3. The first-order chi connectivity index (χ1) is 7.78. The molecule has 1 N–H and O–H groups in total. The summed E-state index contributed by atoms with van der Waals surface area (Å²) in [7, 11) is 0. The molecule has 3 heteroatoms. The molecular formula is C13H27N3. The molecular weight excluding hydrogens is 198 g/mol. The summed E-state index contributed by atoms with van der Waals surface area (Å²) < 4.78 is 0. The van der Waals surface area contributed by atoms with Crippen LogP contribution >= 0.6 is 0 Å². The number of nitrogens with zero attached hydrogens (tertiary/aromatic N) is 2. The minimum Gasteiger partial charge on any atom is -0.303 e. The monoisotopic (exact) mass is 225 g/mol.